The number of esters is 1. The van der Waals surface area contributed by atoms with Gasteiger partial charge in [-0.1, -0.05) is 30.3 Å². The van der Waals surface area contributed by atoms with Crippen LogP contribution in [0.15, 0.2) is 42.0 Å². The highest BCUT2D eigenvalue weighted by molar-refractivity contribution is 5.96. The summed E-state index contributed by atoms with van der Waals surface area (Å²) in [6, 6.07) is 9.89. The molecule has 1 heterocycles. The molecule has 1 saturated heterocycles. The van der Waals surface area contributed by atoms with Crippen molar-refractivity contribution in [3.63, 3.8) is 0 Å². The minimum Gasteiger partial charge on any atom is -0.460 e. The Bertz CT molecular complexity index is 530. The van der Waals surface area contributed by atoms with E-state index in [9.17, 15) is 9.59 Å². The van der Waals surface area contributed by atoms with Gasteiger partial charge in [-0.3, -0.25) is 9.59 Å². The van der Waals surface area contributed by atoms with Crippen molar-refractivity contribution in [3.8, 4) is 0 Å². The lowest BCUT2D eigenvalue weighted by Gasteiger charge is -2.29. The van der Waals surface area contributed by atoms with E-state index in [2.05, 4.69) is 0 Å². The molecule has 0 unspecified atom stereocenters. The molecule has 3 nitrogen and oxygen atoms in total. The lowest BCUT2D eigenvalue weighted by molar-refractivity contribution is -0.146. The van der Waals surface area contributed by atoms with Crippen LogP contribution in [0.4, 0.5) is 0 Å². The van der Waals surface area contributed by atoms with Crippen LogP contribution in [-0.4, -0.2) is 18.4 Å². The summed E-state index contributed by atoms with van der Waals surface area (Å²) in [4.78, 5) is 23.5. The van der Waals surface area contributed by atoms with Crippen LogP contribution < -0.4 is 0 Å². The first-order valence-corrected chi connectivity index (χ1v) is 6.16. The number of hydrogen-bond donors (Lipinski definition) is 0. The van der Waals surface area contributed by atoms with Gasteiger partial charge in [0.15, 0.2) is 5.78 Å². The predicted octanol–water partition coefficient (Wildman–Crippen LogP) is 2.06. The number of allylic oxidation sites excluding steroid dienone is 1. The van der Waals surface area contributed by atoms with Crippen molar-refractivity contribution in [1.29, 1.82) is 0 Å². The molecule has 0 bridgehead atoms. The molecule has 1 aromatic rings. The molecule has 92 valence electrons. The Kier molecular flexibility index (Phi) is 2.54. The Hall–Kier alpha value is -1.90. The summed E-state index contributed by atoms with van der Waals surface area (Å²) in [5, 5.41) is 0. The largest absolute Gasteiger partial charge is 0.460 e. The predicted molar refractivity (Wildman–Crippen MR) is 65.9 cm³/mol. The second-order valence-electron chi connectivity index (χ2n) is 4.96. The maximum atomic E-state index is 12.1. The van der Waals surface area contributed by atoms with Crippen LogP contribution in [0.2, 0.25) is 0 Å². The highest BCUT2D eigenvalue weighted by atomic mass is 16.5. The SMILES string of the molecule is O=C1C=C2COC(=O)[C@]2(Cc2ccccc2)CC1. The Morgan fingerprint density at radius 3 is 2.72 bits per heavy atom. The van der Waals surface area contributed by atoms with Crippen LogP contribution in [0.25, 0.3) is 0 Å². The number of benzene rings is 1. The average molecular weight is 242 g/mol. The summed E-state index contributed by atoms with van der Waals surface area (Å²) < 4.78 is 5.16. The van der Waals surface area contributed by atoms with E-state index in [1.54, 1.807) is 6.08 Å². The molecule has 0 radical (unpaired) electrons. The van der Waals surface area contributed by atoms with Crippen molar-refractivity contribution in [3.05, 3.63) is 47.5 Å². The maximum Gasteiger partial charge on any atom is 0.317 e. The van der Waals surface area contributed by atoms with Crippen LogP contribution in [0.1, 0.15) is 18.4 Å². The van der Waals surface area contributed by atoms with E-state index in [0.29, 0.717) is 19.3 Å². The summed E-state index contributed by atoms with van der Waals surface area (Å²) in [7, 11) is 0. The van der Waals surface area contributed by atoms with E-state index in [1.165, 1.54) is 0 Å². The van der Waals surface area contributed by atoms with Gasteiger partial charge >= 0.3 is 5.97 Å². The highest BCUT2D eigenvalue weighted by Crippen LogP contribution is 2.44. The van der Waals surface area contributed by atoms with Gasteiger partial charge in [-0.25, -0.2) is 0 Å². The van der Waals surface area contributed by atoms with Crippen LogP contribution >= 0.6 is 0 Å². The number of cyclic esters (lactones) is 1. The molecular formula is C15H14O3. The topological polar surface area (TPSA) is 43.4 Å². The molecular weight excluding hydrogens is 228 g/mol. The third kappa shape index (κ3) is 1.67. The van der Waals surface area contributed by atoms with Crippen LogP contribution in [0.5, 0.6) is 0 Å². The third-order valence-corrected chi connectivity index (χ3v) is 3.85. The first-order valence-electron chi connectivity index (χ1n) is 6.16. The first kappa shape index (κ1) is 11.2. The van der Waals surface area contributed by atoms with Crippen LogP contribution in [-0.2, 0) is 20.7 Å². The summed E-state index contributed by atoms with van der Waals surface area (Å²) in [5.74, 6) is -0.0721. The molecule has 0 spiro atoms. The standard InChI is InChI=1S/C15H14O3/c16-13-6-7-15(9-11-4-2-1-3-5-11)12(8-13)10-18-14(15)17/h1-5,8H,6-7,9-10H2/t15-/m0/s1. The summed E-state index contributed by atoms with van der Waals surface area (Å²) in [5.41, 5.74) is 1.37. The number of carbonyl (C=O) groups excluding carboxylic acids is 2. The zero-order chi connectivity index (χ0) is 12.6. The van der Waals surface area contributed by atoms with E-state index in [1.807, 2.05) is 30.3 Å². The van der Waals surface area contributed by atoms with Crippen molar-refractivity contribution in [2.45, 2.75) is 19.3 Å². The van der Waals surface area contributed by atoms with Crippen molar-refractivity contribution >= 4 is 11.8 Å². The molecule has 3 rings (SSSR count). The second kappa shape index (κ2) is 4.09. The van der Waals surface area contributed by atoms with E-state index in [-0.39, 0.29) is 18.4 Å². The number of ether oxygens (including phenoxy) is 1. The maximum absolute atomic E-state index is 12.1. The lowest BCUT2D eigenvalue weighted by Crippen LogP contribution is -2.34. The van der Waals surface area contributed by atoms with Gasteiger partial charge in [-0.05, 0) is 30.1 Å². The zero-order valence-electron chi connectivity index (χ0n) is 10.0. The van der Waals surface area contributed by atoms with E-state index in [0.717, 1.165) is 11.1 Å². The van der Waals surface area contributed by atoms with Gasteiger partial charge < -0.3 is 4.74 Å². The molecule has 0 aromatic heterocycles. The number of fused-ring (bicyclic) bond motifs is 1. The molecule has 1 aliphatic heterocycles. The Morgan fingerprint density at radius 2 is 1.94 bits per heavy atom. The van der Waals surface area contributed by atoms with E-state index >= 15 is 0 Å². The normalized spacial score (nSPS) is 26.6. The van der Waals surface area contributed by atoms with Crippen molar-refractivity contribution in [2.75, 3.05) is 6.61 Å². The summed E-state index contributed by atoms with van der Waals surface area (Å²) in [6.45, 7) is 0.275. The Morgan fingerprint density at radius 1 is 1.17 bits per heavy atom. The minimum absolute atomic E-state index is 0.104. The quantitative estimate of drug-likeness (QED) is 0.745. The molecule has 1 fully saturated rings. The molecule has 0 N–H and O–H groups in total. The van der Waals surface area contributed by atoms with E-state index in [4.69, 9.17) is 4.74 Å². The van der Waals surface area contributed by atoms with Crippen LogP contribution in [0.3, 0.4) is 0 Å². The molecule has 18 heavy (non-hydrogen) atoms. The fraction of sp³-hybridized carbons (Fsp3) is 0.333. The van der Waals surface area contributed by atoms with Gasteiger partial charge in [0.1, 0.15) is 6.61 Å². The first-order chi connectivity index (χ1) is 8.71. The van der Waals surface area contributed by atoms with Gasteiger partial charge in [0.2, 0.25) is 0 Å². The summed E-state index contributed by atoms with van der Waals surface area (Å²) in [6.07, 6.45) is 3.25. The fourth-order valence-electron chi connectivity index (χ4n) is 2.81. The fourth-order valence-corrected chi connectivity index (χ4v) is 2.81. The minimum atomic E-state index is -0.588. The molecule has 2 aliphatic rings. The van der Waals surface area contributed by atoms with Crippen molar-refractivity contribution in [2.24, 2.45) is 5.41 Å². The zero-order valence-corrected chi connectivity index (χ0v) is 10.0. The monoisotopic (exact) mass is 242 g/mol. The van der Waals surface area contributed by atoms with Gasteiger partial charge in [0.25, 0.3) is 0 Å². The molecule has 3 heteroatoms. The van der Waals surface area contributed by atoms with Crippen LogP contribution in [0, 0.1) is 5.41 Å². The number of hydrogen-bond acceptors (Lipinski definition) is 3. The Balaban J connectivity index is 1.98. The molecule has 1 aliphatic carbocycles. The van der Waals surface area contributed by atoms with Gasteiger partial charge in [0.05, 0.1) is 5.41 Å². The van der Waals surface area contributed by atoms with Gasteiger partial charge in [-0.2, -0.15) is 0 Å². The number of rotatable bonds is 2. The number of ketones is 1. The smallest absolute Gasteiger partial charge is 0.317 e. The van der Waals surface area contributed by atoms with Gasteiger partial charge in [0, 0.05) is 6.42 Å². The van der Waals surface area contributed by atoms with Crippen molar-refractivity contribution in [1.82, 2.24) is 0 Å². The molecule has 0 saturated carbocycles. The van der Waals surface area contributed by atoms with Crippen molar-refractivity contribution < 1.29 is 14.3 Å². The Labute approximate surface area is 105 Å². The molecule has 0 amide bonds. The second-order valence-corrected chi connectivity index (χ2v) is 4.96. The average Bonchev–Trinajstić information content (AvgIpc) is 2.69. The van der Waals surface area contributed by atoms with E-state index < -0.39 is 5.41 Å². The summed E-state index contributed by atoms with van der Waals surface area (Å²) >= 11 is 0. The lowest BCUT2D eigenvalue weighted by atomic mass is 9.70. The third-order valence-electron chi connectivity index (χ3n) is 3.85. The molecule has 1 atom stereocenters. The highest BCUT2D eigenvalue weighted by Gasteiger charge is 2.50. The number of carbonyl (C=O) groups is 2. The van der Waals surface area contributed by atoms with Gasteiger partial charge in [-0.15, -0.1) is 0 Å². The molecule has 1 aromatic carbocycles.